The fraction of sp³-hybridized carbons (Fsp3) is 0.680. The normalized spacial score (nSPS) is 17.7. The van der Waals surface area contributed by atoms with Gasteiger partial charge in [-0.05, 0) is 64.0 Å². The zero-order valence-electron chi connectivity index (χ0n) is 20.1. The van der Waals surface area contributed by atoms with Crippen LogP contribution in [0.4, 0.5) is 9.18 Å². The minimum absolute atomic E-state index is 0.222. The van der Waals surface area contributed by atoms with Gasteiger partial charge in [0.15, 0.2) is 0 Å². The number of nitrogens with zero attached hydrogens (tertiary/aromatic N) is 2. The van der Waals surface area contributed by atoms with Crippen LogP contribution in [0.3, 0.4) is 0 Å². The van der Waals surface area contributed by atoms with Crippen LogP contribution in [0.25, 0.3) is 0 Å². The molecule has 0 saturated carbocycles. The number of benzene rings is 1. The maximum atomic E-state index is 14.6. The number of likely N-dealkylation sites (tertiary alicyclic amines) is 1. The molecule has 0 aliphatic carbocycles. The standard InChI is InChI=1S/C25H37FN2O4S/c1-25(2,3)32-24(29)28-10-8-19(9-11-28)5-4-14-31-21-7-6-20(22(26)18-21)17-23(33)27-12-15-30-16-13-27/h6-7,18-19H,4-5,8-17H2,1-3H3. The number of morpholine rings is 1. The molecular weight excluding hydrogens is 443 g/mol. The second-order valence-electron chi connectivity index (χ2n) is 9.82. The summed E-state index contributed by atoms with van der Waals surface area (Å²) in [6.07, 6.45) is 4.10. The Bertz CT molecular complexity index is 800. The molecule has 0 aromatic heterocycles. The third-order valence-electron chi connectivity index (χ3n) is 6.02. The highest BCUT2D eigenvalue weighted by Gasteiger charge is 2.26. The molecule has 2 aliphatic rings. The summed E-state index contributed by atoms with van der Waals surface area (Å²) in [5, 5.41) is 0. The summed E-state index contributed by atoms with van der Waals surface area (Å²) in [7, 11) is 0. The van der Waals surface area contributed by atoms with Gasteiger partial charge >= 0.3 is 6.09 Å². The van der Waals surface area contributed by atoms with Crippen molar-refractivity contribution in [2.45, 2.75) is 58.5 Å². The Morgan fingerprint density at radius 2 is 1.85 bits per heavy atom. The summed E-state index contributed by atoms with van der Waals surface area (Å²) in [5.74, 6) is 0.846. The van der Waals surface area contributed by atoms with Gasteiger partial charge in [-0.1, -0.05) is 18.3 Å². The highest BCUT2D eigenvalue weighted by molar-refractivity contribution is 7.80. The Balaban J connectivity index is 1.34. The fourth-order valence-electron chi connectivity index (χ4n) is 4.14. The van der Waals surface area contributed by atoms with Gasteiger partial charge in [-0.25, -0.2) is 9.18 Å². The Morgan fingerprint density at radius 1 is 1.15 bits per heavy atom. The van der Waals surface area contributed by atoms with Gasteiger partial charge in [-0.3, -0.25) is 0 Å². The average Bonchev–Trinajstić information content (AvgIpc) is 2.78. The molecule has 8 heteroatoms. The molecule has 0 N–H and O–H groups in total. The molecule has 0 bridgehead atoms. The first-order valence-corrected chi connectivity index (χ1v) is 12.4. The number of carbonyl (C=O) groups is 1. The van der Waals surface area contributed by atoms with Gasteiger partial charge in [0.2, 0.25) is 0 Å². The molecule has 1 aromatic rings. The topological polar surface area (TPSA) is 51.2 Å². The van der Waals surface area contributed by atoms with Gasteiger partial charge in [-0.15, -0.1) is 0 Å². The summed E-state index contributed by atoms with van der Waals surface area (Å²) in [4.78, 5) is 16.8. The van der Waals surface area contributed by atoms with Crippen LogP contribution in [0.2, 0.25) is 0 Å². The van der Waals surface area contributed by atoms with Crippen LogP contribution >= 0.6 is 12.2 Å². The van der Waals surface area contributed by atoms with Crippen LogP contribution < -0.4 is 4.74 Å². The highest BCUT2D eigenvalue weighted by atomic mass is 32.1. The van der Waals surface area contributed by atoms with Crippen molar-refractivity contribution in [3.8, 4) is 5.75 Å². The molecule has 33 heavy (non-hydrogen) atoms. The van der Waals surface area contributed by atoms with Crippen molar-refractivity contribution in [3.05, 3.63) is 29.6 Å². The minimum Gasteiger partial charge on any atom is -0.493 e. The van der Waals surface area contributed by atoms with Crippen LogP contribution in [0.1, 0.15) is 52.0 Å². The van der Waals surface area contributed by atoms with E-state index in [0.717, 1.165) is 56.9 Å². The molecule has 2 fully saturated rings. The maximum Gasteiger partial charge on any atom is 0.410 e. The van der Waals surface area contributed by atoms with Crippen LogP contribution in [-0.2, 0) is 15.9 Å². The summed E-state index contributed by atoms with van der Waals surface area (Å²) in [5.41, 5.74) is 0.132. The van der Waals surface area contributed by atoms with Crippen molar-refractivity contribution in [1.29, 1.82) is 0 Å². The van der Waals surface area contributed by atoms with Crippen molar-refractivity contribution in [2.24, 2.45) is 5.92 Å². The van der Waals surface area contributed by atoms with E-state index in [1.165, 1.54) is 6.07 Å². The van der Waals surface area contributed by atoms with Crippen molar-refractivity contribution < 1.29 is 23.4 Å². The lowest BCUT2D eigenvalue weighted by atomic mass is 9.92. The van der Waals surface area contributed by atoms with Crippen molar-refractivity contribution in [2.75, 3.05) is 46.0 Å². The summed E-state index contributed by atoms with van der Waals surface area (Å²) in [6.45, 7) is 10.5. The molecule has 0 unspecified atom stereocenters. The zero-order valence-corrected chi connectivity index (χ0v) is 20.9. The first-order chi connectivity index (χ1) is 15.7. The SMILES string of the molecule is CC(C)(C)OC(=O)N1CCC(CCCOc2ccc(CC(=S)N3CCOCC3)c(F)c2)CC1. The molecule has 184 valence electrons. The predicted octanol–water partition coefficient (Wildman–Crippen LogP) is 4.83. The largest absolute Gasteiger partial charge is 0.493 e. The van der Waals surface area contributed by atoms with E-state index in [1.54, 1.807) is 11.0 Å². The van der Waals surface area contributed by atoms with Crippen LogP contribution in [0, 0.1) is 11.7 Å². The number of piperidine rings is 1. The Morgan fingerprint density at radius 3 is 2.48 bits per heavy atom. The number of carbonyl (C=O) groups excluding carboxylic acids is 1. The van der Waals surface area contributed by atoms with Crippen LogP contribution in [0.5, 0.6) is 5.75 Å². The predicted molar refractivity (Wildman–Crippen MR) is 130 cm³/mol. The second-order valence-corrected chi connectivity index (χ2v) is 10.3. The van der Waals surface area contributed by atoms with E-state index in [1.807, 2.05) is 26.8 Å². The van der Waals surface area contributed by atoms with E-state index in [-0.39, 0.29) is 11.9 Å². The molecule has 3 rings (SSSR count). The van der Waals surface area contributed by atoms with E-state index in [4.69, 9.17) is 26.4 Å². The number of hydrogen-bond donors (Lipinski definition) is 0. The minimum atomic E-state index is -0.461. The van der Waals surface area contributed by atoms with Crippen molar-refractivity contribution in [1.82, 2.24) is 9.80 Å². The Kier molecular flexibility index (Phi) is 9.32. The Hall–Kier alpha value is -1.93. The third-order valence-corrected chi connectivity index (χ3v) is 6.42. The number of thiocarbonyl (C=S) groups is 1. The summed E-state index contributed by atoms with van der Waals surface area (Å²) < 4.78 is 31.1. The lowest BCUT2D eigenvalue weighted by molar-refractivity contribution is 0.0179. The van der Waals surface area contributed by atoms with E-state index >= 15 is 0 Å². The Labute approximate surface area is 202 Å². The average molecular weight is 481 g/mol. The number of halogens is 1. The molecule has 6 nitrogen and oxygen atoms in total. The highest BCUT2D eigenvalue weighted by Crippen LogP contribution is 2.24. The molecule has 2 saturated heterocycles. The lowest BCUT2D eigenvalue weighted by Gasteiger charge is -2.33. The molecule has 0 spiro atoms. The molecule has 0 atom stereocenters. The molecule has 2 aliphatic heterocycles. The lowest BCUT2D eigenvalue weighted by Crippen LogP contribution is -2.41. The number of amides is 1. The molecule has 0 radical (unpaired) electrons. The smallest absolute Gasteiger partial charge is 0.410 e. The molecule has 1 aromatic carbocycles. The first kappa shape index (κ1) is 25.7. The van der Waals surface area contributed by atoms with Gasteiger partial charge in [0.05, 0.1) is 24.8 Å². The summed E-state index contributed by atoms with van der Waals surface area (Å²) in [6, 6.07) is 5.04. The van der Waals surface area contributed by atoms with Gasteiger partial charge in [-0.2, -0.15) is 0 Å². The second kappa shape index (κ2) is 12.0. The quantitative estimate of drug-likeness (QED) is 0.411. The fourth-order valence-corrected chi connectivity index (χ4v) is 4.48. The van der Waals surface area contributed by atoms with E-state index in [2.05, 4.69) is 4.90 Å². The summed E-state index contributed by atoms with van der Waals surface area (Å²) >= 11 is 5.48. The van der Waals surface area contributed by atoms with E-state index in [0.29, 0.717) is 43.5 Å². The van der Waals surface area contributed by atoms with Crippen LogP contribution in [-0.4, -0.2) is 72.5 Å². The number of hydrogen-bond acceptors (Lipinski definition) is 5. The molecular formula is C25H37FN2O4S. The third kappa shape index (κ3) is 8.41. The molecule has 1 amide bonds. The maximum absolute atomic E-state index is 14.6. The van der Waals surface area contributed by atoms with E-state index in [9.17, 15) is 9.18 Å². The van der Waals surface area contributed by atoms with E-state index < -0.39 is 5.60 Å². The number of ether oxygens (including phenoxy) is 3. The van der Waals surface area contributed by atoms with Crippen molar-refractivity contribution >= 4 is 23.3 Å². The zero-order chi connectivity index (χ0) is 23.8. The van der Waals surface area contributed by atoms with Gasteiger partial charge in [0.25, 0.3) is 0 Å². The van der Waals surface area contributed by atoms with Gasteiger partial charge in [0.1, 0.15) is 17.2 Å². The molecule has 2 heterocycles. The first-order valence-electron chi connectivity index (χ1n) is 12.0. The monoisotopic (exact) mass is 480 g/mol. The van der Waals surface area contributed by atoms with Gasteiger partial charge < -0.3 is 24.0 Å². The van der Waals surface area contributed by atoms with Crippen LogP contribution in [0.15, 0.2) is 18.2 Å². The van der Waals surface area contributed by atoms with Gasteiger partial charge in [0, 0.05) is 38.7 Å². The number of rotatable bonds is 7. The van der Waals surface area contributed by atoms with Crippen molar-refractivity contribution in [3.63, 3.8) is 0 Å².